The Kier molecular flexibility index (Phi) is 6.29. The Balaban J connectivity index is 1.72. The summed E-state index contributed by atoms with van der Waals surface area (Å²) in [7, 11) is 4.24. The van der Waals surface area contributed by atoms with Crippen LogP contribution >= 0.6 is 11.3 Å². The van der Waals surface area contributed by atoms with Gasteiger partial charge in [0.05, 0.1) is 6.61 Å². The average Bonchev–Trinajstić information content (AvgIpc) is 3.05. The van der Waals surface area contributed by atoms with Crippen molar-refractivity contribution in [1.29, 1.82) is 0 Å². The molecule has 1 fully saturated rings. The maximum absolute atomic E-state index is 5.69. The molecule has 1 aliphatic rings. The van der Waals surface area contributed by atoms with Crippen LogP contribution in [0.2, 0.25) is 0 Å². The van der Waals surface area contributed by atoms with Crippen molar-refractivity contribution in [1.82, 2.24) is 10.2 Å². The molecule has 4 heteroatoms. The highest BCUT2D eigenvalue weighted by Gasteiger charge is 2.22. The number of rotatable bonds is 6. The van der Waals surface area contributed by atoms with Crippen molar-refractivity contribution in [2.75, 3.05) is 27.3 Å². The summed E-state index contributed by atoms with van der Waals surface area (Å²) in [6.07, 6.45) is 1.20. The van der Waals surface area contributed by atoms with Gasteiger partial charge in [-0.3, -0.25) is 0 Å². The van der Waals surface area contributed by atoms with Gasteiger partial charge in [0.2, 0.25) is 0 Å². The smallest absolute Gasteiger partial charge is 0.0620 e. The normalized spacial score (nSPS) is 22.3. The second-order valence-electron chi connectivity index (χ2n) is 7.56. The van der Waals surface area contributed by atoms with Gasteiger partial charge in [0.25, 0.3) is 0 Å². The fourth-order valence-corrected chi connectivity index (χ4v) is 4.63. The van der Waals surface area contributed by atoms with Gasteiger partial charge in [-0.05, 0) is 56.6 Å². The summed E-state index contributed by atoms with van der Waals surface area (Å²) in [5.74, 6) is 0.648. The van der Waals surface area contributed by atoms with E-state index in [0.29, 0.717) is 18.0 Å². The molecule has 3 atom stereocenters. The summed E-state index contributed by atoms with van der Waals surface area (Å²) in [5, 5.41) is 3.75. The van der Waals surface area contributed by atoms with Crippen LogP contribution < -0.4 is 5.32 Å². The average molecular weight is 359 g/mol. The van der Waals surface area contributed by atoms with Gasteiger partial charge in [-0.15, -0.1) is 11.3 Å². The van der Waals surface area contributed by atoms with Crippen molar-refractivity contribution in [3.05, 3.63) is 46.8 Å². The summed E-state index contributed by atoms with van der Waals surface area (Å²) in [4.78, 5) is 4.98. The maximum atomic E-state index is 5.69. The van der Waals surface area contributed by atoms with Crippen molar-refractivity contribution in [3.63, 3.8) is 0 Å². The first-order valence-corrected chi connectivity index (χ1v) is 10.0. The lowest BCUT2D eigenvalue weighted by Crippen LogP contribution is -2.40. The first kappa shape index (κ1) is 18.6. The Labute approximate surface area is 156 Å². The Morgan fingerprint density at radius 3 is 2.76 bits per heavy atom. The summed E-state index contributed by atoms with van der Waals surface area (Å²) >= 11 is 1.90. The molecule has 3 nitrogen and oxygen atoms in total. The lowest BCUT2D eigenvalue weighted by atomic mass is 10.00. The van der Waals surface area contributed by atoms with Crippen LogP contribution in [0.1, 0.15) is 36.8 Å². The molecular weight excluding hydrogens is 328 g/mol. The topological polar surface area (TPSA) is 24.5 Å². The molecule has 1 aromatic heterocycles. The third-order valence-electron chi connectivity index (χ3n) is 4.72. The van der Waals surface area contributed by atoms with Crippen molar-refractivity contribution < 1.29 is 4.74 Å². The van der Waals surface area contributed by atoms with E-state index in [9.17, 15) is 0 Å². The predicted molar refractivity (Wildman–Crippen MR) is 107 cm³/mol. The van der Waals surface area contributed by atoms with Gasteiger partial charge >= 0.3 is 0 Å². The maximum Gasteiger partial charge on any atom is 0.0620 e. The first-order valence-electron chi connectivity index (χ1n) is 9.19. The van der Waals surface area contributed by atoms with Gasteiger partial charge in [-0.25, -0.2) is 0 Å². The molecule has 0 spiro atoms. The predicted octanol–water partition coefficient (Wildman–Crippen LogP) is 4.55. The van der Waals surface area contributed by atoms with Crippen LogP contribution in [-0.4, -0.2) is 38.3 Å². The number of hydrogen-bond donors (Lipinski definition) is 1. The zero-order valence-electron chi connectivity index (χ0n) is 15.8. The van der Waals surface area contributed by atoms with E-state index in [4.69, 9.17) is 4.74 Å². The molecule has 1 N–H and O–H groups in total. The monoisotopic (exact) mass is 358 g/mol. The van der Waals surface area contributed by atoms with E-state index >= 15 is 0 Å². The minimum atomic E-state index is 0.360. The molecule has 2 aromatic rings. The minimum absolute atomic E-state index is 0.360. The molecular formula is C21H30N2OS. The van der Waals surface area contributed by atoms with E-state index < -0.39 is 0 Å². The van der Waals surface area contributed by atoms with Gasteiger partial charge in [0.1, 0.15) is 0 Å². The molecule has 0 saturated carbocycles. The van der Waals surface area contributed by atoms with E-state index in [1.54, 1.807) is 0 Å². The van der Waals surface area contributed by atoms with Gasteiger partial charge in [-0.1, -0.05) is 31.2 Å². The molecule has 3 unspecified atom stereocenters. The molecule has 0 aliphatic carbocycles. The molecule has 0 amide bonds. The van der Waals surface area contributed by atoms with Crippen LogP contribution in [0.5, 0.6) is 0 Å². The number of nitrogens with one attached hydrogen (secondary N) is 1. The molecule has 0 radical (unpaired) electrons. The van der Waals surface area contributed by atoms with E-state index in [2.05, 4.69) is 74.6 Å². The zero-order chi connectivity index (χ0) is 17.8. The van der Waals surface area contributed by atoms with Crippen LogP contribution in [0.25, 0.3) is 10.4 Å². The number of benzene rings is 1. The number of nitrogens with zero attached hydrogens (tertiary/aromatic N) is 1. The van der Waals surface area contributed by atoms with Crippen LogP contribution in [-0.2, 0) is 11.3 Å². The molecule has 136 valence electrons. The molecule has 1 saturated heterocycles. The Morgan fingerprint density at radius 1 is 1.20 bits per heavy atom. The van der Waals surface area contributed by atoms with Crippen molar-refractivity contribution in [2.24, 2.45) is 5.92 Å². The van der Waals surface area contributed by atoms with E-state index in [-0.39, 0.29) is 0 Å². The quantitative estimate of drug-likeness (QED) is 0.820. The highest BCUT2D eigenvalue weighted by molar-refractivity contribution is 7.15. The fraction of sp³-hybridized carbons (Fsp3) is 0.524. The van der Waals surface area contributed by atoms with Crippen LogP contribution in [0, 0.1) is 5.92 Å². The second-order valence-corrected chi connectivity index (χ2v) is 8.68. The van der Waals surface area contributed by atoms with Crippen molar-refractivity contribution in [2.45, 2.75) is 38.9 Å². The second kappa shape index (κ2) is 8.45. The molecule has 2 heterocycles. The number of hydrogen-bond acceptors (Lipinski definition) is 4. The SMILES string of the molecule is CC1COCC(NC(C)c2ccc(-c3ccccc3CN(C)C)s2)C1. The molecule has 25 heavy (non-hydrogen) atoms. The third-order valence-corrected chi connectivity index (χ3v) is 6.02. The van der Waals surface area contributed by atoms with Crippen LogP contribution in [0.3, 0.4) is 0 Å². The zero-order valence-corrected chi connectivity index (χ0v) is 16.6. The number of ether oxygens (including phenoxy) is 1. The summed E-state index contributed by atoms with van der Waals surface area (Å²) in [6, 6.07) is 14.1. The number of thiophene rings is 1. The summed E-state index contributed by atoms with van der Waals surface area (Å²) in [6.45, 7) is 7.23. The fourth-order valence-electron chi connectivity index (χ4n) is 3.55. The van der Waals surface area contributed by atoms with E-state index in [1.165, 1.54) is 27.3 Å². The largest absolute Gasteiger partial charge is 0.380 e. The Morgan fingerprint density at radius 2 is 2.00 bits per heavy atom. The molecule has 1 aliphatic heterocycles. The molecule has 3 rings (SSSR count). The molecule has 0 bridgehead atoms. The van der Waals surface area contributed by atoms with E-state index in [1.807, 2.05) is 11.3 Å². The highest BCUT2D eigenvalue weighted by atomic mass is 32.1. The first-order chi connectivity index (χ1) is 12.0. The van der Waals surface area contributed by atoms with Crippen LogP contribution in [0.15, 0.2) is 36.4 Å². The van der Waals surface area contributed by atoms with Crippen molar-refractivity contribution in [3.8, 4) is 10.4 Å². The third kappa shape index (κ3) is 4.91. The Bertz CT molecular complexity index is 682. The highest BCUT2D eigenvalue weighted by Crippen LogP contribution is 2.34. The lowest BCUT2D eigenvalue weighted by Gasteiger charge is -2.30. The standard InChI is InChI=1S/C21H30N2OS/c1-15-11-18(14-24-13-15)22-16(2)20-9-10-21(25-20)19-8-6-5-7-17(19)12-23(3)4/h5-10,15-16,18,22H,11-14H2,1-4H3. The molecule has 1 aromatic carbocycles. The lowest BCUT2D eigenvalue weighted by molar-refractivity contribution is 0.0340. The Hall–Kier alpha value is -1.20. The van der Waals surface area contributed by atoms with Gasteiger partial charge < -0.3 is 15.0 Å². The summed E-state index contributed by atoms with van der Waals surface area (Å²) < 4.78 is 5.69. The van der Waals surface area contributed by atoms with Gasteiger partial charge in [-0.2, -0.15) is 0 Å². The minimum Gasteiger partial charge on any atom is -0.380 e. The summed E-state index contributed by atoms with van der Waals surface area (Å²) in [5.41, 5.74) is 2.74. The van der Waals surface area contributed by atoms with Crippen molar-refractivity contribution >= 4 is 11.3 Å². The van der Waals surface area contributed by atoms with Crippen LogP contribution in [0.4, 0.5) is 0 Å². The van der Waals surface area contributed by atoms with Gasteiger partial charge in [0, 0.05) is 35.0 Å². The van der Waals surface area contributed by atoms with E-state index in [0.717, 1.165) is 19.8 Å². The van der Waals surface area contributed by atoms with Gasteiger partial charge in [0.15, 0.2) is 0 Å².